The summed E-state index contributed by atoms with van der Waals surface area (Å²) in [5.74, 6) is 0.820. The first kappa shape index (κ1) is 10.5. The Bertz CT molecular complexity index is 794. The predicted molar refractivity (Wildman–Crippen MR) is 74.7 cm³/mol. The molecule has 1 aliphatic rings. The van der Waals surface area contributed by atoms with Crippen molar-refractivity contribution < 1.29 is 4.84 Å². The van der Waals surface area contributed by atoms with E-state index in [4.69, 9.17) is 4.84 Å². The van der Waals surface area contributed by atoms with E-state index >= 15 is 0 Å². The fraction of sp³-hybridized carbons (Fsp3) is 0. The maximum atomic E-state index is 5.41. The van der Waals surface area contributed by atoms with E-state index in [0.717, 1.165) is 33.5 Å². The number of nitrogens with zero attached hydrogens (tertiary/aromatic N) is 2. The number of para-hydroxylation sites is 1. The highest BCUT2D eigenvalue weighted by Gasteiger charge is 2.18. The SMILES string of the molecule is C1=C(c2cccc3nsnc23)c2ccccc2ON1. The average Bonchev–Trinajstić information content (AvgIpc) is 2.95. The van der Waals surface area contributed by atoms with Crippen molar-refractivity contribution in [1.82, 2.24) is 14.2 Å². The van der Waals surface area contributed by atoms with Crippen molar-refractivity contribution in [2.24, 2.45) is 0 Å². The molecule has 0 atom stereocenters. The topological polar surface area (TPSA) is 47.0 Å². The van der Waals surface area contributed by atoms with Gasteiger partial charge in [0.05, 0.1) is 11.7 Å². The van der Waals surface area contributed by atoms with Gasteiger partial charge in [-0.15, -0.1) is 0 Å². The third kappa shape index (κ3) is 1.59. The number of fused-ring (bicyclic) bond motifs is 2. The highest BCUT2D eigenvalue weighted by Crippen LogP contribution is 2.35. The molecule has 1 aliphatic heterocycles. The lowest BCUT2D eigenvalue weighted by Crippen LogP contribution is -2.17. The van der Waals surface area contributed by atoms with Gasteiger partial charge in [0.2, 0.25) is 0 Å². The molecule has 2 heterocycles. The standard InChI is InChI=1S/C14H9N3OS/c1-2-7-13-9(4-1)11(8-15-18-13)10-5-3-6-12-14(10)17-19-16-12/h1-8,15H. The molecular weight excluding hydrogens is 258 g/mol. The molecule has 1 N–H and O–H groups in total. The summed E-state index contributed by atoms with van der Waals surface area (Å²) in [6, 6.07) is 14.0. The van der Waals surface area contributed by atoms with E-state index in [2.05, 4.69) is 20.3 Å². The summed E-state index contributed by atoms with van der Waals surface area (Å²) in [5, 5.41) is 0. The minimum Gasteiger partial charge on any atom is -0.382 e. The number of hydrogen-bond donors (Lipinski definition) is 1. The Labute approximate surface area is 113 Å². The zero-order chi connectivity index (χ0) is 12.7. The number of benzene rings is 2. The molecule has 0 aliphatic carbocycles. The van der Waals surface area contributed by atoms with Gasteiger partial charge in [-0.1, -0.05) is 30.3 Å². The van der Waals surface area contributed by atoms with Crippen molar-refractivity contribution in [2.45, 2.75) is 0 Å². The van der Waals surface area contributed by atoms with Crippen LogP contribution in [-0.4, -0.2) is 8.75 Å². The molecular formula is C14H9N3OS. The van der Waals surface area contributed by atoms with Gasteiger partial charge in [-0.05, 0) is 12.1 Å². The van der Waals surface area contributed by atoms with Crippen LogP contribution in [-0.2, 0) is 0 Å². The molecule has 3 aromatic rings. The number of hydroxylamine groups is 1. The molecule has 0 radical (unpaired) electrons. The summed E-state index contributed by atoms with van der Waals surface area (Å²) in [4.78, 5) is 5.41. The minimum atomic E-state index is 0.820. The molecule has 0 saturated carbocycles. The van der Waals surface area contributed by atoms with Crippen LogP contribution in [0.4, 0.5) is 0 Å². The van der Waals surface area contributed by atoms with E-state index in [0.29, 0.717) is 0 Å². The number of aromatic nitrogens is 2. The lowest BCUT2D eigenvalue weighted by Gasteiger charge is -2.18. The lowest BCUT2D eigenvalue weighted by atomic mass is 9.96. The van der Waals surface area contributed by atoms with Crippen molar-refractivity contribution >= 4 is 28.3 Å². The monoisotopic (exact) mass is 267 g/mol. The summed E-state index contributed by atoms with van der Waals surface area (Å²) in [6.45, 7) is 0. The third-order valence-corrected chi connectivity index (χ3v) is 3.67. The summed E-state index contributed by atoms with van der Waals surface area (Å²) < 4.78 is 8.67. The number of hydrogen-bond acceptors (Lipinski definition) is 5. The van der Waals surface area contributed by atoms with Crippen molar-refractivity contribution in [2.75, 3.05) is 0 Å². The van der Waals surface area contributed by atoms with E-state index in [1.165, 1.54) is 11.7 Å². The Balaban J connectivity index is 1.98. The van der Waals surface area contributed by atoms with Gasteiger partial charge in [-0.25, -0.2) is 5.48 Å². The maximum absolute atomic E-state index is 5.41. The summed E-state index contributed by atoms with van der Waals surface area (Å²) >= 11 is 1.23. The second kappa shape index (κ2) is 4.07. The van der Waals surface area contributed by atoms with Crippen molar-refractivity contribution in [1.29, 1.82) is 0 Å². The Morgan fingerprint density at radius 3 is 2.84 bits per heavy atom. The van der Waals surface area contributed by atoms with E-state index in [9.17, 15) is 0 Å². The molecule has 0 unspecified atom stereocenters. The molecule has 1 aromatic heterocycles. The van der Waals surface area contributed by atoms with Gasteiger partial charge >= 0.3 is 0 Å². The molecule has 0 fully saturated rings. The van der Waals surface area contributed by atoms with Crippen molar-refractivity contribution in [3.05, 3.63) is 59.8 Å². The first-order chi connectivity index (χ1) is 9.43. The van der Waals surface area contributed by atoms with Gasteiger partial charge in [0.25, 0.3) is 0 Å². The van der Waals surface area contributed by atoms with Crippen LogP contribution in [0, 0.1) is 0 Å². The van der Waals surface area contributed by atoms with Crippen LogP contribution in [0.1, 0.15) is 11.1 Å². The van der Waals surface area contributed by atoms with Gasteiger partial charge in [0.15, 0.2) is 5.75 Å². The molecule has 4 nitrogen and oxygen atoms in total. The van der Waals surface area contributed by atoms with Crippen molar-refractivity contribution in [3.8, 4) is 5.75 Å². The van der Waals surface area contributed by atoms with E-state index in [1.54, 1.807) is 0 Å². The fourth-order valence-electron chi connectivity index (χ4n) is 2.25. The Kier molecular flexibility index (Phi) is 2.25. The average molecular weight is 267 g/mol. The van der Waals surface area contributed by atoms with Gasteiger partial charge in [0.1, 0.15) is 11.0 Å². The first-order valence-electron chi connectivity index (χ1n) is 5.87. The van der Waals surface area contributed by atoms with E-state index < -0.39 is 0 Å². The zero-order valence-corrected chi connectivity index (χ0v) is 10.6. The summed E-state index contributed by atoms with van der Waals surface area (Å²) in [6.07, 6.45) is 1.86. The van der Waals surface area contributed by atoms with Crippen LogP contribution in [0.5, 0.6) is 5.75 Å². The molecule has 4 rings (SSSR count). The molecule has 0 amide bonds. The van der Waals surface area contributed by atoms with Gasteiger partial charge < -0.3 is 4.84 Å². The van der Waals surface area contributed by atoms with Crippen LogP contribution in [0.25, 0.3) is 16.6 Å². The highest BCUT2D eigenvalue weighted by atomic mass is 32.1. The maximum Gasteiger partial charge on any atom is 0.162 e. The number of nitrogens with one attached hydrogen (secondary N) is 1. The largest absolute Gasteiger partial charge is 0.382 e. The molecule has 0 bridgehead atoms. The fourth-order valence-corrected chi connectivity index (χ4v) is 2.80. The van der Waals surface area contributed by atoms with Gasteiger partial charge in [-0.2, -0.15) is 8.75 Å². The Hall–Kier alpha value is -2.40. The van der Waals surface area contributed by atoms with Crippen LogP contribution < -0.4 is 10.3 Å². The summed E-state index contributed by atoms with van der Waals surface area (Å²) in [5.41, 5.74) is 7.88. The van der Waals surface area contributed by atoms with Crippen LogP contribution >= 0.6 is 11.7 Å². The van der Waals surface area contributed by atoms with Crippen LogP contribution in [0.2, 0.25) is 0 Å². The van der Waals surface area contributed by atoms with Crippen LogP contribution in [0.3, 0.4) is 0 Å². The summed E-state index contributed by atoms with van der Waals surface area (Å²) in [7, 11) is 0. The van der Waals surface area contributed by atoms with Crippen molar-refractivity contribution in [3.63, 3.8) is 0 Å². The smallest absolute Gasteiger partial charge is 0.162 e. The molecule has 2 aromatic carbocycles. The van der Waals surface area contributed by atoms with Crippen LogP contribution in [0.15, 0.2) is 48.7 Å². The normalized spacial score (nSPS) is 13.4. The second-order valence-electron chi connectivity index (χ2n) is 4.21. The highest BCUT2D eigenvalue weighted by molar-refractivity contribution is 7.00. The molecule has 5 heteroatoms. The lowest BCUT2D eigenvalue weighted by molar-refractivity contribution is 0.238. The molecule has 19 heavy (non-hydrogen) atoms. The zero-order valence-electron chi connectivity index (χ0n) is 9.83. The predicted octanol–water partition coefficient (Wildman–Crippen LogP) is 2.98. The van der Waals surface area contributed by atoms with E-state index in [-0.39, 0.29) is 0 Å². The Morgan fingerprint density at radius 1 is 0.947 bits per heavy atom. The van der Waals surface area contributed by atoms with E-state index in [1.807, 2.05) is 42.6 Å². The van der Waals surface area contributed by atoms with Gasteiger partial charge in [-0.3, -0.25) is 0 Å². The minimum absolute atomic E-state index is 0.820. The molecule has 0 saturated heterocycles. The second-order valence-corrected chi connectivity index (χ2v) is 4.74. The molecule has 0 spiro atoms. The Morgan fingerprint density at radius 2 is 1.84 bits per heavy atom. The third-order valence-electron chi connectivity index (χ3n) is 3.13. The molecule has 92 valence electrons. The number of rotatable bonds is 1. The first-order valence-corrected chi connectivity index (χ1v) is 6.60. The quantitative estimate of drug-likeness (QED) is 0.736. The van der Waals surface area contributed by atoms with Gasteiger partial charge in [0, 0.05) is 22.9 Å².